The molecule has 3 aromatic rings. The minimum Gasteiger partial charge on any atom is -0.461 e. The van der Waals surface area contributed by atoms with Crippen LogP contribution in [0.15, 0.2) is 153 Å². The van der Waals surface area contributed by atoms with E-state index in [1.807, 2.05) is 0 Å². The second-order valence-corrected chi connectivity index (χ2v) is 11.9. The molecule has 0 aliphatic heterocycles. The topological polar surface area (TPSA) is 168 Å². The summed E-state index contributed by atoms with van der Waals surface area (Å²) in [5.74, 6) is -2.68. The molecule has 0 unspecified atom stereocenters. The van der Waals surface area contributed by atoms with Gasteiger partial charge in [0, 0.05) is 34.4 Å². The van der Waals surface area contributed by atoms with Crippen molar-refractivity contribution in [2.45, 2.75) is 34.6 Å². The third kappa shape index (κ3) is 13.8. The summed E-state index contributed by atoms with van der Waals surface area (Å²) >= 11 is 0. The number of rotatable bonds is 19. The van der Waals surface area contributed by atoms with Gasteiger partial charge in [-0.1, -0.05) is 44.5 Å². The Hall–Kier alpha value is -7.87. The molecule has 58 heavy (non-hydrogen) atoms. The fourth-order valence-electron chi connectivity index (χ4n) is 4.19. The van der Waals surface area contributed by atoms with Crippen LogP contribution in [0.5, 0.6) is 28.7 Å². The molecule has 14 heteroatoms. The van der Waals surface area contributed by atoms with Crippen LogP contribution in [0.3, 0.4) is 0 Å². The maximum Gasteiger partial charge on any atom is 0.338 e. The number of carbonyl (C=O) groups is 5. The highest BCUT2D eigenvalue weighted by atomic mass is 16.6. The van der Waals surface area contributed by atoms with Crippen LogP contribution < -0.4 is 23.7 Å². The Labute approximate surface area is 334 Å². The molecule has 0 saturated carbocycles. The van der Waals surface area contributed by atoms with Gasteiger partial charge in [-0.25, -0.2) is 24.0 Å². The number of carbonyl (C=O) groups excluding carboxylic acids is 5. The van der Waals surface area contributed by atoms with E-state index in [9.17, 15) is 24.0 Å². The summed E-state index contributed by atoms with van der Waals surface area (Å²) in [6.45, 7) is 21.7. The van der Waals surface area contributed by atoms with Gasteiger partial charge in [-0.2, -0.15) is 0 Å². The van der Waals surface area contributed by atoms with Crippen LogP contribution in [0.2, 0.25) is 0 Å². The van der Waals surface area contributed by atoms with Crippen molar-refractivity contribution in [3.8, 4) is 28.7 Å². The predicted molar refractivity (Wildman–Crippen MR) is 212 cm³/mol. The number of hydrogen-bond acceptors (Lipinski definition) is 14. The molecule has 14 nitrogen and oxygen atoms in total. The molecule has 0 fully saturated rings. The van der Waals surface area contributed by atoms with Gasteiger partial charge in [-0.3, -0.25) is 0 Å². The number of hydrogen-bond donors (Lipinski definition) is 0. The van der Waals surface area contributed by atoms with Crippen molar-refractivity contribution in [2.75, 3.05) is 0 Å². The number of fused-ring (bicyclic) bond motifs is 1. The number of esters is 5. The Morgan fingerprint density at radius 3 is 1.36 bits per heavy atom. The highest BCUT2D eigenvalue weighted by molar-refractivity contribution is 6.03. The Balaban J connectivity index is 1.94. The van der Waals surface area contributed by atoms with Crippen LogP contribution in [0.4, 0.5) is 0 Å². The molecule has 300 valence electrons. The zero-order valence-electron chi connectivity index (χ0n) is 32.4. The zero-order valence-corrected chi connectivity index (χ0v) is 32.4. The summed E-state index contributed by atoms with van der Waals surface area (Å²) < 4.78 is 48.0. The van der Waals surface area contributed by atoms with Crippen molar-refractivity contribution in [3.05, 3.63) is 159 Å². The average Bonchev–Trinajstić information content (AvgIpc) is 3.18. The molecule has 3 rings (SSSR count). The van der Waals surface area contributed by atoms with E-state index in [-0.39, 0.29) is 51.0 Å². The van der Waals surface area contributed by atoms with E-state index in [1.54, 1.807) is 37.3 Å². The van der Waals surface area contributed by atoms with Crippen molar-refractivity contribution < 1.29 is 66.6 Å². The summed E-state index contributed by atoms with van der Waals surface area (Å²) in [5, 5.41) is 1.02. The predicted octanol–water partition coefficient (Wildman–Crippen LogP) is 8.73. The standard InChI is InChI=1S/C44H40O14/c1-27(2)41(46)54-21-17-50-35-15-13-32(26-38(35)53-20-24-57-44(49)30(7)8)58-39(45)25-31(9)33-14-16-37(52-19-23-56-43(48)29(5)6)40-34(33)11-10-12-36(40)51-18-22-55-42(47)28(3)4/h10-26H,1,3,5,7H2,2,4,6,8-9H3. The van der Waals surface area contributed by atoms with Crippen molar-refractivity contribution in [1.82, 2.24) is 0 Å². The lowest BCUT2D eigenvalue weighted by Crippen LogP contribution is -2.05. The molecule has 0 radical (unpaired) electrons. The largest absolute Gasteiger partial charge is 0.461 e. The first-order valence-corrected chi connectivity index (χ1v) is 16.9. The first kappa shape index (κ1) is 44.5. The van der Waals surface area contributed by atoms with Gasteiger partial charge in [0.25, 0.3) is 0 Å². The monoisotopic (exact) mass is 792 g/mol. The number of benzene rings is 3. The van der Waals surface area contributed by atoms with Gasteiger partial charge >= 0.3 is 29.8 Å². The summed E-state index contributed by atoms with van der Waals surface area (Å²) in [7, 11) is 0. The molecule has 0 bridgehead atoms. The molecule has 0 spiro atoms. The fraction of sp³-hybridized carbons (Fsp3) is 0.114. The van der Waals surface area contributed by atoms with Gasteiger partial charge in [-0.05, 0) is 75.4 Å². The van der Waals surface area contributed by atoms with Gasteiger partial charge in [0.05, 0.1) is 5.39 Å². The molecule has 3 aromatic carbocycles. The average molecular weight is 793 g/mol. The Bertz CT molecular complexity index is 2240. The van der Waals surface area contributed by atoms with Crippen LogP contribution in [-0.4, -0.2) is 29.8 Å². The zero-order chi connectivity index (χ0) is 42.8. The molecule has 0 amide bonds. The molecule has 0 atom stereocenters. The van der Waals surface area contributed by atoms with E-state index in [1.165, 1.54) is 52.0 Å². The van der Waals surface area contributed by atoms with Gasteiger partial charge < -0.3 is 42.6 Å². The van der Waals surface area contributed by atoms with E-state index < -0.39 is 29.8 Å². The highest BCUT2D eigenvalue weighted by Crippen LogP contribution is 2.39. The van der Waals surface area contributed by atoms with E-state index in [4.69, 9.17) is 42.6 Å². The molecular formula is C44H40O14. The van der Waals surface area contributed by atoms with Crippen LogP contribution in [0.1, 0.15) is 40.2 Å². The first-order chi connectivity index (χ1) is 27.6. The van der Waals surface area contributed by atoms with E-state index in [2.05, 4.69) is 26.3 Å². The second kappa shape index (κ2) is 21.9. The molecular weight excluding hydrogens is 752 g/mol. The van der Waals surface area contributed by atoms with Crippen LogP contribution in [-0.2, 0) is 42.9 Å². The maximum absolute atomic E-state index is 13.3. The SMILES string of the molecule is C=C(C)C(=O)OC=COc1ccc(OC(=O)C=C(C)c2ccc(OC=COC(=O)C(=C)C)c3c(OC=COC(=O)C(=C)C)cccc23)cc1OC=COC(=O)C(=C)C. The molecule has 0 aliphatic carbocycles. The summed E-state index contributed by atoms with van der Waals surface area (Å²) in [6.07, 6.45) is 9.80. The van der Waals surface area contributed by atoms with Crippen molar-refractivity contribution in [2.24, 2.45) is 0 Å². The molecule has 0 aromatic heterocycles. The normalized spacial score (nSPS) is 11.3. The van der Waals surface area contributed by atoms with Gasteiger partial charge in [0.2, 0.25) is 0 Å². The quantitative estimate of drug-likeness (QED) is 0.0371. The van der Waals surface area contributed by atoms with Crippen molar-refractivity contribution in [3.63, 3.8) is 0 Å². The highest BCUT2D eigenvalue weighted by Gasteiger charge is 2.16. The summed E-state index contributed by atoms with van der Waals surface area (Å²) in [4.78, 5) is 60.3. The Morgan fingerprint density at radius 1 is 0.483 bits per heavy atom. The first-order valence-electron chi connectivity index (χ1n) is 16.9. The lowest BCUT2D eigenvalue weighted by atomic mass is 9.97. The molecule has 0 N–H and O–H groups in total. The minimum atomic E-state index is -0.764. The van der Waals surface area contributed by atoms with Gasteiger partial charge in [0.15, 0.2) is 11.5 Å². The molecule has 0 aliphatic rings. The summed E-state index contributed by atoms with van der Waals surface area (Å²) in [5.41, 5.74) is 1.79. The minimum absolute atomic E-state index is 0.0190. The maximum atomic E-state index is 13.3. The number of ether oxygens (including phenoxy) is 9. The van der Waals surface area contributed by atoms with Crippen molar-refractivity contribution in [1.29, 1.82) is 0 Å². The Morgan fingerprint density at radius 2 is 0.897 bits per heavy atom. The lowest BCUT2D eigenvalue weighted by molar-refractivity contribution is -0.134. The fourth-order valence-corrected chi connectivity index (χ4v) is 4.19. The Kier molecular flexibility index (Phi) is 16.8. The van der Waals surface area contributed by atoms with E-state index in [0.29, 0.717) is 21.9 Å². The second-order valence-electron chi connectivity index (χ2n) is 11.9. The molecule has 0 saturated heterocycles. The third-order valence-corrected chi connectivity index (χ3v) is 6.95. The van der Waals surface area contributed by atoms with E-state index in [0.717, 1.165) is 50.1 Å². The van der Waals surface area contributed by atoms with Crippen LogP contribution >= 0.6 is 0 Å². The van der Waals surface area contributed by atoms with Crippen LogP contribution in [0, 0.1) is 0 Å². The van der Waals surface area contributed by atoms with Gasteiger partial charge in [-0.15, -0.1) is 0 Å². The third-order valence-electron chi connectivity index (χ3n) is 6.95. The smallest absolute Gasteiger partial charge is 0.338 e. The lowest BCUT2D eigenvalue weighted by Gasteiger charge is -2.14. The van der Waals surface area contributed by atoms with Gasteiger partial charge in [0.1, 0.15) is 67.3 Å². The summed E-state index contributed by atoms with van der Waals surface area (Å²) in [6, 6.07) is 12.6. The van der Waals surface area contributed by atoms with Crippen molar-refractivity contribution >= 4 is 46.2 Å². The molecule has 0 heterocycles. The van der Waals surface area contributed by atoms with E-state index >= 15 is 0 Å². The van der Waals surface area contributed by atoms with Crippen LogP contribution in [0.25, 0.3) is 16.3 Å². The number of allylic oxidation sites excluding steroid dienone is 1.